The quantitative estimate of drug-likeness (QED) is 0.835. The fourth-order valence-electron chi connectivity index (χ4n) is 5.25. The molecule has 2 N–H and O–H groups in total. The maximum absolute atomic E-state index is 12.1. The summed E-state index contributed by atoms with van der Waals surface area (Å²) in [4.78, 5) is 12.1. The van der Waals surface area contributed by atoms with E-state index in [0.717, 1.165) is 31.4 Å². The second-order valence-corrected chi connectivity index (χ2v) is 8.49. The second-order valence-electron chi connectivity index (χ2n) is 8.49. The maximum atomic E-state index is 12.1. The van der Waals surface area contributed by atoms with Crippen LogP contribution in [0.1, 0.15) is 61.4 Å². The first-order valence-corrected chi connectivity index (χ1v) is 10.6. The molecule has 1 aromatic rings. The molecular formula is C24H28N2O2. The van der Waals surface area contributed by atoms with Crippen LogP contribution >= 0.6 is 0 Å². The first-order chi connectivity index (χ1) is 13.7. The lowest BCUT2D eigenvalue weighted by atomic mass is 9.79. The zero-order chi connectivity index (χ0) is 19.1. The molecule has 4 heteroatoms. The number of fused-ring (bicyclic) bond motifs is 2. The van der Waals surface area contributed by atoms with Gasteiger partial charge in [-0.25, -0.2) is 0 Å². The van der Waals surface area contributed by atoms with Crippen LogP contribution in [0.2, 0.25) is 0 Å². The fourth-order valence-corrected chi connectivity index (χ4v) is 5.25. The van der Waals surface area contributed by atoms with E-state index in [-0.39, 0.29) is 11.5 Å². The van der Waals surface area contributed by atoms with Crippen molar-refractivity contribution in [2.24, 2.45) is 0 Å². The largest absolute Gasteiger partial charge is 0.487 e. The van der Waals surface area contributed by atoms with Crippen molar-refractivity contribution in [3.63, 3.8) is 0 Å². The molecule has 0 radical (unpaired) electrons. The third-order valence-corrected chi connectivity index (χ3v) is 6.46. The van der Waals surface area contributed by atoms with Gasteiger partial charge in [-0.1, -0.05) is 24.3 Å². The lowest BCUT2D eigenvalue weighted by Crippen LogP contribution is -2.49. The number of benzene rings is 1. The number of rotatable bonds is 3. The minimum atomic E-state index is -0.186. The highest BCUT2D eigenvalue weighted by atomic mass is 16.5. The molecule has 1 spiro atoms. The average Bonchev–Trinajstić information content (AvgIpc) is 3.06. The van der Waals surface area contributed by atoms with Crippen LogP contribution in [0.25, 0.3) is 5.57 Å². The van der Waals surface area contributed by atoms with E-state index in [4.69, 9.17) is 4.74 Å². The Morgan fingerprint density at radius 3 is 2.68 bits per heavy atom. The number of ether oxygens (including phenoxy) is 1. The Labute approximate surface area is 166 Å². The molecule has 3 heterocycles. The smallest absolute Gasteiger partial charge is 0.251 e. The summed E-state index contributed by atoms with van der Waals surface area (Å²) in [7, 11) is 0. The van der Waals surface area contributed by atoms with E-state index in [2.05, 4.69) is 41.0 Å². The topological polar surface area (TPSA) is 50.4 Å². The van der Waals surface area contributed by atoms with E-state index < -0.39 is 0 Å². The first-order valence-electron chi connectivity index (χ1n) is 10.6. The van der Waals surface area contributed by atoms with Crippen LogP contribution in [0, 0.1) is 0 Å². The molecule has 2 unspecified atom stereocenters. The van der Waals surface area contributed by atoms with Gasteiger partial charge in [-0.05, 0) is 55.5 Å². The predicted octanol–water partition coefficient (Wildman–Crippen LogP) is 4.11. The van der Waals surface area contributed by atoms with Crippen molar-refractivity contribution in [2.75, 3.05) is 6.54 Å². The molecule has 3 aliphatic heterocycles. The van der Waals surface area contributed by atoms with Gasteiger partial charge in [0.25, 0.3) is 5.91 Å². The van der Waals surface area contributed by atoms with E-state index in [1.807, 2.05) is 19.1 Å². The molecule has 1 aliphatic carbocycles. The molecule has 2 atom stereocenters. The molecular weight excluding hydrogens is 348 g/mol. The van der Waals surface area contributed by atoms with Crippen LogP contribution in [0.5, 0.6) is 0 Å². The normalized spacial score (nSPS) is 30.7. The van der Waals surface area contributed by atoms with Crippen molar-refractivity contribution in [1.82, 2.24) is 10.6 Å². The van der Waals surface area contributed by atoms with Gasteiger partial charge in [-0.3, -0.25) is 4.79 Å². The predicted molar refractivity (Wildman–Crippen MR) is 111 cm³/mol. The molecule has 4 aliphatic rings. The van der Waals surface area contributed by atoms with Crippen molar-refractivity contribution in [2.45, 2.75) is 63.1 Å². The summed E-state index contributed by atoms with van der Waals surface area (Å²) >= 11 is 0. The van der Waals surface area contributed by atoms with E-state index in [9.17, 15) is 4.79 Å². The van der Waals surface area contributed by atoms with E-state index >= 15 is 0 Å². The Kier molecular flexibility index (Phi) is 4.39. The zero-order valence-electron chi connectivity index (χ0n) is 16.5. The third kappa shape index (κ3) is 3.10. The summed E-state index contributed by atoms with van der Waals surface area (Å²) in [6, 6.07) is 9.16. The molecule has 1 amide bonds. The monoisotopic (exact) mass is 376 g/mol. The van der Waals surface area contributed by atoms with Gasteiger partial charge in [0.1, 0.15) is 11.4 Å². The van der Waals surface area contributed by atoms with E-state index in [0.29, 0.717) is 24.2 Å². The minimum absolute atomic E-state index is 0.0149. The zero-order valence-corrected chi connectivity index (χ0v) is 16.5. The van der Waals surface area contributed by atoms with E-state index in [1.165, 1.54) is 29.6 Å². The van der Waals surface area contributed by atoms with Crippen LogP contribution in [0.15, 0.2) is 53.8 Å². The molecule has 0 aromatic heterocycles. The van der Waals surface area contributed by atoms with E-state index in [1.54, 1.807) is 0 Å². The molecule has 2 saturated heterocycles. The molecule has 28 heavy (non-hydrogen) atoms. The van der Waals surface area contributed by atoms with Gasteiger partial charge in [-0.15, -0.1) is 0 Å². The Balaban J connectivity index is 1.52. The molecule has 2 fully saturated rings. The molecule has 4 nitrogen and oxygen atoms in total. The minimum Gasteiger partial charge on any atom is -0.487 e. The first kappa shape index (κ1) is 17.7. The average molecular weight is 377 g/mol. The Morgan fingerprint density at radius 1 is 1.21 bits per heavy atom. The van der Waals surface area contributed by atoms with Crippen LogP contribution in [0.3, 0.4) is 0 Å². The van der Waals surface area contributed by atoms with Gasteiger partial charge >= 0.3 is 0 Å². The van der Waals surface area contributed by atoms with Crippen molar-refractivity contribution in [3.05, 3.63) is 65.0 Å². The lowest BCUT2D eigenvalue weighted by molar-refractivity contribution is -0.00387. The number of amides is 1. The fraction of sp³-hybridized carbons (Fsp3) is 0.458. The second kappa shape index (κ2) is 6.93. The van der Waals surface area contributed by atoms with Gasteiger partial charge in [0, 0.05) is 49.0 Å². The molecule has 1 aromatic carbocycles. The number of carbonyl (C=O) groups excluding carboxylic acids is 1. The van der Waals surface area contributed by atoms with Crippen molar-refractivity contribution in [3.8, 4) is 0 Å². The summed E-state index contributed by atoms with van der Waals surface area (Å²) < 4.78 is 6.69. The van der Waals surface area contributed by atoms with Gasteiger partial charge in [-0.2, -0.15) is 0 Å². The number of hydrogen-bond donors (Lipinski definition) is 2. The number of carbonyl (C=O) groups is 1. The third-order valence-electron chi connectivity index (χ3n) is 6.46. The number of nitrogens with one attached hydrogen (secondary N) is 2. The summed E-state index contributed by atoms with van der Waals surface area (Å²) in [5, 5.41) is 6.60. The van der Waals surface area contributed by atoms with Gasteiger partial charge in [0.05, 0.1) is 0 Å². The Bertz CT molecular complexity index is 866. The highest BCUT2D eigenvalue weighted by Gasteiger charge is 2.46. The highest BCUT2D eigenvalue weighted by Crippen LogP contribution is 2.47. The molecule has 2 bridgehead atoms. The summed E-state index contributed by atoms with van der Waals surface area (Å²) in [5.41, 5.74) is 4.17. The van der Waals surface area contributed by atoms with Crippen LogP contribution < -0.4 is 10.6 Å². The highest BCUT2D eigenvalue weighted by molar-refractivity contribution is 5.95. The van der Waals surface area contributed by atoms with Gasteiger partial charge < -0.3 is 15.4 Å². The summed E-state index contributed by atoms with van der Waals surface area (Å²) in [5.74, 6) is 1.13. The van der Waals surface area contributed by atoms with Crippen molar-refractivity contribution < 1.29 is 9.53 Å². The molecule has 0 saturated carbocycles. The number of piperidine rings is 1. The van der Waals surface area contributed by atoms with Crippen molar-refractivity contribution >= 4 is 11.5 Å². The maximum Gasteiger partial charge on any atom is 0.251 e. The Hall–Kier alpha value is -2.33. The molecule has 5 rings (SSSR count). The number of hydrogen-bond acceptors (Lipinski definition) is 3. The standard InChI is InChI=1S/C24H28N2O2/c1-2-25-23(27)17-9-7-16(8-10-17)21-15-24(13-18-11-12-19(14-24)26-18)28-22-6-4-3-5-20(21)22/h3,5,7-10,15,18-19,26H,2,4,6,11-14H2,1H3,(H,25,27). The number of allylic oxidation sites excluding steroid dienone is 5. The Morgan fingerprint density at radius 2 is 1.96 bits per heavy atom. The summed E-state index contributed by atoms with van der Waals surface area (Å²) in [6.45, 7) is 2.58. The van der Waals surface area contributed by atoms with Gasteiger partial charge in [0.15, 0.2) is 0 Å². The van der Waals surface area contributed by atoms with Crippen LogP contribution in [-0.4, -0.2) is 30.1 Å². The van der Waals surface area contributed by atoms with Crippen molar-refractivity contribution in [1.29, 1.82) is 0 Å². The van der Waals surface area contributed by atoms with Crippen LogP contribution in [0.4, 0.5) is 0 Å². The SMILES string of the molecule is CCNC(=O)c1ccc(C2=CC3(CC4CCC(C3)N4)OC3=C2C=CCC3)cc1. The lowest BCUT2D eigenvalue weighted by Gasteiger charge is -2.44. The van der Waals surface area contributed by atoms with Gasteiger partial charge in [0.2, 0.25) is 0 Å². The summed E-state index contributed by atoms with van der Waals surface area (Å²) in [6.07, 6.45) is 13.5. The van der Waals surface area contributed by atoms with Crippen LogP contribution in [-0.2, 0) is 4.74 Å². The molecule has 146 valence electrons.